The Hall–Kier alpha value is -1.76. The molecule has 6 nitrogen and oxygen atoms in total. The number of hydrogen-bond acceptors (Lipinski definition) is 4. The van der Waals surface area contributed by atoms with Crippen molar-refractivity contribution in [3.05, 3.63) is 22.2 Å². The van der Waals surface area contributed by atoms with E-state index in [-0.39, 0.29) is 12.7 Å². The average Bonchev–Trinajstić information content (AvgIpc) is 3.12. The van der Waals surface area contributed by atoms with Gasteiger partial charge in [0.2, 0.25) is 6.79 Å². The van der Waals surface area contributed by atoms with Crippen molar-refractivity contribution in [1.82, 2.24) is 5.32 Å². The van der Waals surface area contributed by atoms with Crippen LogP contribution in [-0.2, 0) is 4.79 Å². The molecule has 2 aliphatic rings. The third kappa shape index (κ3) is 2.45. The van der Waals surface area contributed by atoms with Crippen LogP contribution < -0.4 is 14.8 Å². The molecule has 0 saturated heterocycles. The lowest BCUT2D eigenvalue weighted by atomic mass is 10.1. The molecule has 1 aromatic carbocycles. The van der Waals surface area contributed by atoms with Gasteiger partial charge in [0.25, 0.3) is 5.91 Å². The van der Waals surface area contributed by atoms with Gasteiger partial charge in [0, 0.05) is 5.56 Å². The molecule has 3 rings (SSSR count). The number of carboxylic acids is 1. The Bertz CT molecular complexity index is 584. The summed E-state index contributed by atoms with van der Waals surface area (Å²) in [5.74, 6) is -0.362. The summed E-state index contributed by atoms with van der Waals surface area (Å²) < 4.78 is 11.1. The van der Waals surface area contributed by atoms with E-state index in [0.29, 0.717) is 21.5 Å². The number of carbonyl (C=O) groups excluding carboxylic acids is 1. The normalized spacial score (nSPS) is 17.6. The molecule has 1 aliphatic carbocycles. The fourth-order valence-corrected chi connectivity index (χ4v) is 2.69. The number of benzene rings is 1. The predicted molar refractivity (Wildman–Crippen MR) is 71.9 cm³/mol. The second-order valence-corrected chi connectivity index (χ2v) is 5.67. The van der Waals surface area contributed by atoms with Crippen LogP contribution in [0.15, 0.2) is 16.6 Å². The highest BCUT2D eigenvalue weighted by molar-refractivity contribution is 9.10. The summed E-state index contributed by atoms with van der Waals surface area (Å²) in [7, 11) is 0. The minimum absolute atomic E-state index is 0.0360. The molecule has 1 heterocycles. The van der Waals surface area contributed by atoms with Gasteiger partial charge in [-0.15, -0.1) is 0 Å². The van der Waals surface area contributed by atoms with Gasteiger partial charge in [-0.25, -0.2) is 4.79 Å². The summed E-state index contributed by atoms with van der Waals surface area (Å²) in [4.78, 5) is 23.3. The number of ether oxygens (including phenoxy) is 2. The van der Waals surface area contributed by atoms with Crippen LogP contribution in [0.2, 0.25) is 0 Å². The fourth-order valence-electron chi connectivity index (χ4n) is 2.13. The first-order valence-corrected chi connectivity index (χ1v) is 6.98. The Labute approximate surface area is 123 Å². The van der Waals surface area contributed by atoms with E-state index in [0.717, 1.165) is 12.8 Å². The van der Waals surface area contributed by atoms with E-state index in [1.807, 2.05) is 0 Å². The smallest absolute Gasteiger partial charge is 0.326 e. The van der Waals surface area contributed by atoms with Crippen LogP contribution in [0, 0.1) is 5.92 Å². The molecule has 0 spiro atoms. The molecule has 1 amide bonds. The molecule has 1 aliphatic heterocycles. The van der Waals surface area contributed by atoms with Gasteiger partial charge < -0.3 is 19.9 Å². The highest BCUT2D eigenvalue weighted by Gasteiger charge is 2.37. The third-order valence-electron chi connectivity index (χ3n) is 3.34. The van der Waals surface area contributed by atoms with E-state index in [4.69, 9.17) is 14.6 Å². The molecule has 1 aromatic rings. The van der Waals surface area contributed by atoms with Crippen LogP contribution in [0.25, 0.3) is 0 Å². The molecule has 1 unspecified atom stereocenters. The van der Waals surface area contributed by atoms with Crippen molar-refractivity contribution in [1.29, 1.82) is 0 Å². The Morgan fingerprint density at radius 2 is 2.10 bits per heavy atom. The van der Waals surface area contributed by atoms with Crippen molar-refractivity contribution in [2.75, 3.05) is 6.79 Å². The van der Waals surface area contributed by atoms with Gasteiger partial charge in [0.1, 0.15) is 6.04 Å². The molecular weight excluding hydrogens is 330 g/mol. The van der Waals surface area contributed by atoms with E-state index in [1.165, 1.54) is 0 Å². The highest BCUT2D eigenvalue weighted by Crippen LogP contribution is 2.40. The Balaban J connectivity index is 1.80. The average molecular weight is 342 g/mol. The number of carboxylic acid groups (broad SMARTS) is 1. The maximum absolute atomic E-state index is 12.2. The van der Waals surface area contributed by atoms with E-state index in [9.17, 15) is 9.59 Å². The second-order valence-electron chi connectivity index (χ2n) is 4.82. The molecule has 106 valence electrons. The fraction of sp³-hybridized carbons (Fsp3) is 0.385. The SMILES string of the molecule is O=C(NC(C(=O)O)C1CC1)c1cc(Br)c2c(c1)OCO2. The largest absolute Gasteiger partial charge is 0.480 e. The molecule has 2 N–H and O–H groups in total. The van der Waals surface area contributed by atoms with Crippen molar-refractivity contribution < 1.29 is 24.2 Å². The number of hydrogen-bond donors (Lipinski definition) is 2. The number of halogens is 1. The number of rotatable bonds is 4. The summed E-state index contributed by atoms with van der Waals surface area (Å²) in [5.41, 5.74) is 0.341. The summed E-state index contributed by atoms with van der Waals surface area (Å²) >= 11 is 3.30. The van der Waals surface area contributed by atoms with Gasteiger partial charge in [-0.2, -0.15) is 0 Å². The van der Waals surface area contributed by atoms with Crippen LogP contribution in [0.4, 0.5) is 0 Å². The first kappa shape index (κ1) is 13.2. The number of aliphatic carboxylic acids is 1. The summed E-state index contributed by atoms with van der Waals surface area (Å²) in [6, 6.07) is 2.31. The number of nitrogens with one attached hydrogen (secondary N) is 1. The van der Waals surface area contributed by atoms with E-state index < -0.39 is 17.9 Å². The van der Waals surface area contributed by atoms with Crippen LogP contribution in [0.1, 0.15) is 23.2 Å². The van der Waals surface area contributed by atoms with Gasteiger partial charge in [0.15, 0.2) is 11.5 Å². The summed E-state index contributed by atoms with van der Waals surface area (Å²) in [6.07, 6.45) is 1.67. The number of amides is 1. The van der Waals surface area contributed by atoms with Crippen LogP contribution in [0.5, 0.6) is 11.5 Å². The number of carbonyl (C=O) groups is 2. The lowest BCUT2D eigenvalue weighted by Gasteiger charge is -2.14. The molecule has 0 aromatic heterocycles. The van der Waals surface area contributed by atoms with Crippen molar-refractivity contribution in [2.45, 2.75) is 18.9 Å². The monoisotopic (exact) mass is 341 g/mol. The predicted octanol–water partition coefficient (Wildman–Crippen LogP) is 1.77. The maximum atomic E-state index is 12.2. The zero-order valence-electron chi connectivity index (χ0n) is 10.4. The van der Waals surface area contributed by atoms with Gasteiger partial charge in [-0.1, -0.05) is 0 Å². The van der Waals surface area contributed by atoms with Gasteiger partial charge in [0.05, 0.1) is 4.47 Å². The molecule has 1 saturated carbocycles. The topological polar surface area (TPSA) is 84.9 Å². The van der Waals surface area contributed by atoms with E-state index >= 15 is 0 Å². The van der Waals surface area contributed by atoms with E-state index in [1.54, 1.807) is 12.1 Å². The third-order valence-corrected chi connectivity index (χ3v) is 3.92. The Morgan fingerprint density at radius 1 is 1.35 bits per heavy atom. The zero-order chi connectivity index (χ0) is 14.3. The van der Waals surface area contributed by atoms with E-state index in [2.05, 4.69) is 21.2 Å². The molecule has 1 fully saturated rings. The zero-order valence-corrected chi connectivity index (χ0v) is 12.0. The molecule has 0 bridgehead atoms. The molecule has 20 heavy (non-hydrogen) atoms. The van der Waals surface area contributed by atoms with Crippen molar-refractivity contribution in [2.24, 2.45) is 5.92 Å². The first-order valence-electron chi connectivity index (χ1n) is 6.19. The quantitative estimate of drug-likeness (QED) is 0.871. The lowest BCUT2D eigenvalue weighted by molar-refractivity contribution is -0.139. The second kappa shape index (κ2) is 4.97. The number of fused-ring (bicyclic) bond motifs is 1. The van der Waals surface area contributed by atoms with Gasteiger partial charge >= 0.3 is 5.97 Å². The molecular formula is C13H12BrNO5. The Morgan fingerprint density at radius 3 is 2.75 bits per heavy atom. The van der Waals surface area contributed by atoms with Crippen molar-refractivity contribution in [3.8, 4) is 11.5 Å². The lowest BCUT2D eigenvalue weighted by Crippen LogP contribution is -2.42. The molecule has 1 atom stereocenters. The minimum Gasteiger partial charge on any atom is -0.480 e. The van der Waals surface area contributed by atoms with Crippen LogP contribution >= 0.6 is 15.9 Å². The standard InChI is InChI=1S/C13H12BrNO5/c14-8-3-7(4-9-11(8)20-5-19-9)12(16)15-10(13(17)18)6-1-2-6/h3-4,6,10H,1-2,5H2,(H,15,16)(H,17,18). The summed E-state index contributed by atoms with van der Waals surface area (Å²) in [6.45, 7) is 0.110. The molecule has 7 heteroatoms. The highest BCUT2D eigenvalue weighted by atomic mass is 79.9. The first-order chi connectivity index (χ1) is 9.56. The van der Waals surface area contributed by atoms with Crippen molar-refractivity contribution in [3.63, 3.8) is 0 Å². The minimum atomic E-state index is -0.999. The Kier molecular flexibility index (Phi) is 3.29. The van der Waals surface area contributed by atoms with Crippen LogP contribution in [-0.4, -0.2) is 29.8 Å². The van der Waals surface area contributed by atoms with Crippen molar-refractivity contribution >= 4 is 27.8 Å². The van der Waals surface area contributed by atoms with Crippen LogP contribution in [0.3, 0.4) is 0 Å². The molecule has 0 radical (unpaired) electrons. The van der Waals surface area contributed by atoms with Gasteiger partial charge in [-0.05, 0) is 46.8 Å². The summed E-state index contributed by atoms with van der Waals surface area (Å²) in [5, 5.41) is 11.7. The van der Waals surface area contributed by atoms with Gasteiger partial charge in [-0.3, -0.25) is 4.79 Å². The maximum Gasteiger partial charge on any atom is 0.326 e.